The van der Waals surface area contributed by atoms with Crippen molar-refractivity contribution in [3.8, 4) is 5.75 Å². The van der Waals surface area contributed by atoms with Gasteiger partial charge in [0.25, 0.3) is 0 Å². The SMILES string of the molecule is O=C1CNCCN1Cc1cn(CC2Cc3ccccc3O2)nn1. The van der Waals surface area contributed by atoms with Gasteiger partial charge in [-0.05, 0) is 11.6 Å². The number of carbonyl (C=O) groups excluding carboxylic acids is 1. The molecule has 1 atom stereocenters. The second-order valence-electron chi connectivity index (χ2n) is 5.98. The van der Waals surface area contributed by atoms with Gasteiger partial charge in [0.1, 0.15) is 17.5 Å². The number of hydrogen-bond donors (Lipinski definition) is 1. The molecule has 0 bridgehead atoms. The van der Waals surface area contributed by atoms with Crippen molar-refractivity contribution in [2.75, 3.05) is 19.6 Å². The Hall–Kier alpha value is -2.41. The van der Waals surface area contributed by atoms with Crippen molar-refractivity contribution in [2.24, 2.45) is 0 Å². The lowest BCUT2D eigenvalue weighted by molar-refractivity contribution is -0.132. The van der Waals surface area contributed by atoms with Gasteiger partial charge in [0.05, 0.1) is 25.8 Å². The minimum absolute atomic E-state index is 0.0859. The Kier molecular flexibility index (Phi) is 3.70. The zero-order chi connectivity index (χ0) is 15.6. The molecule has 7 heteroatoms. The van der Waals surface area contributed by atoms with Gasteiger partial charge in [-0.1, -0.05) is 23.4 Å². The summed E-state index contributed by atoms with van der Waals surface area (Å²) in [6.07, 6.45) is 2.88. The van der Waals surface area contributed by atoms with E-state index in [2.05, 4.69) is 21.7 Å². The Morgan fingerprint density at radius 1 is 1.35 bits per heavy atom. The second kappa shape index (κ2) is 6.00. The summed E-state index contributed by atoms with van der Waals surface area (Å²) < 4.78 is 7.73. The van der Waals surface area contributed by atoms with Gasteiger partial charge in [0, 0.05) is 19.5 Å². The van der Waals surface area contributed by atoms with Gasteiger partial charge < -0.3 is 15.0 Å². The fourth-order valence-corrected chi connectivity index (χ4v) is 3.07. The van der Waals surface area contributed by atoms with Gasteiger partial charge in [-0.25, -0.2) is 4.68 Å². The molecule has 1 aromatic heterocycles. The molecular weight excluding hydrogens is 294 g/mol. The third-order valence-electron chi connectivity index (χ3n) is 4.23. The molecule has 0 saturated carbocycles. The van der Waals surface area contributed by atoms with E-state index in [9.17, 15) is 4.79 Å². The minimum atomic E-state index is 0.0859. The number of nitrogens with one attached hydrogen (secondary N) is 1. The van der Waals surface area contributed by atoms with E-state index in [-0.39, 0.29) is 12.0 Å². The van der Waals surface area contributed by atoms with E-state index >= 15 is 0 Å². The average molecular weight is 313 g/mol. The number of nitrogens with zero attached hydrogens (tertiary/aromatic N) is 4. The number of piperazine rings is 1. The van der Waals surface area contributed by atoms with Crippen molar-refractivity contribution in [3.05, 3.63) is 41.7 Å². The van der Waals surface area contributed by atoms with Crippen LogP contribution in [0, 0.1) is 0 Å². The molecule has 2 aliphatic rings. The fraction of sp³-hybridized carbons (Fsp3) is 0.438. The number of aromatic nitrogens is 3. The molecule has 1 N–H and O–H groups in total. The highest BCUT2D eigenvalue weighted by Gasteiger charge is 2.23. The highest BCUT2D eigenvalue weighted by atomic mass is 16.5. The molecule has 2 aliphatic heterocycles. The molecule has 120 valence electrons. The number of carbonyl (C=O) groups is 1. The summed E-state index contributed by atoms with van der Waals surface area (Å²) >= 11 is 0. The average Bonchev–Trinajstić information content (AvgIpc) is 3.16. The summed E-state index contributed by atoms with van der Waals surface area (Å²) in [5, 5.41) is 11.4. The molecule has 1 saturated heterocycles. The second-order valence-corrected chi connectivity index (χ2v) is 5.98. The van der Waals surface area contributed by atoms with Crippen LogP contribution in [0.15, 0.2) is 30.5 Å². The fourth-order valence-electron chi connectivity index (χ4n) is 3.07. The Balaban J connectivity index is 1.36. The maximum absolute atomic E-state index is 11.8. The van der Waals surface area contributed by atoms with Crippen LogP contribution in [0.5, 0.6) is 5.75 Å². The first-order valence-electron chi connectivity index (χ1n) is 7.90. The summed E-state index contributed by atoms with van der Waals surface area (Å²) in [5.41, 5.74) is 2.06. The summed E-state index contributed by atoms with van der Waals surface area (Å²) in [7, 11) is 0. The first-order valence-corrected chi connectivity index (χ1v) is 7.90. The van der Waals surface area contributed by atoms with E-state index in [4.69, 9.17) is 4.74 Å². The van der Waals surface area contributed by atoms with Crippen LogP contribution in [0.1, 0.15) is 11.3 Å². The van der Waals surface area contributed by atoms with Crippen molar-refractivity contribution >= 4 is 5.91 Å². The van der Waals surface area contributed by atoms with Gasteiger partial charge in [-0.2, -0.15) is 0 Å². The Morgan fingerprint density at radius 2 is 2.26 bits per heavy atom. The quantitative estimate of drug-likeness (QED) is 0.874. The summed E-state index contributed by atoms with van der Waals surface area (Å²) in [6, 6.07) is 8.11. The topological polar surface area (TPSA) is 72.3 Å². The maximum Gasteiger partial charge on any atom is 0.236 e. The molecule has 1 aromatic carbocycles. The van der Waals surface area contributed by atoms with Crippen LogP contribution in [-0.2, 0) is 24.3 Å². The van der Waals surface area contributed by atoms with E-state index in [1.165, 1.54) is 5.56 Å². The third kappa shape index (κ3) is 3.05. The molecule has 7 nitrogen and oxygen atoms in total. The molecule has 1 amide bonds. The number of para-hydroxylation sites is 1. The Bertz CT molecular complexity index is 689. The molecule has 3 heterocycles. The number of fused-ring (bicyclic) bond motifs is 1. The van der Waals surface area contributed by atoms with Gasteiger partial charge in [0.2, 0.25) is 5.91 Å². The first-order chi connectivity index (χ1) is 11.3. The number of ether oxygens (including phenoxy) is 1. The molecular formula is C16H19N5O2. The van der Waals surface area contributed by atoms with Crippen LogP contribution in [0.3, 0.4) is 0 Å². The highest BCUT2D eigenvalue weighted by Crippen LogP contribution is 2.28. The number of rotatable bonds is 4. The number of amides is 1. The zero-order valence-corrected chi connectivity index (χ0v) is 12.8. The van der Waals surface area contributed by atoms with Crippen LogP contribution in [-0.4, -0.2) is 51.5 Å². The van der Waals surface area contributed by atoms with Crippen molar-refractivity contribution in [1.82, 2.24) is 25.2 Å². The maximum atomic E-state index is 11.8. The van der Waals surface area contributed by atoms with Gasteiger partial charge in [-0.15, -0.1) is 5.10 Å². The number of benzene rings is 1. The van der Waals surface area contributed by atoms with Crippen LogP contribution in [0.2, 0.25) is 0 Å². The molecule has 0 spiro atoms. The number of hydrogen-bond acceptors (Lipinski definition) is 5. The molecule has 1 unspecified atom stereocenters. The van der Waals surface area contributed by atoms with Gasteiger partial charge in [0.15, 0.2) is 0 Å². The highest BCUT2D eigenvalue weighted by molar-refractivity contribution is 5.78. The van der Waals surface area contributed by atoms with Crippen LogP contribution in [0.4, 0.5) is 0 Å². The predicted octanol–water partition coefficient (Wildman–Crippen LogP) is 0.214. The van der Waals surface area contributed by atoms with Crippen LogP contribution < -0.4 is 10.1 Å². The van der Waals surface area contributed by atoms with Crippen molar-refractivity contribution in [2.45, 2.75) is 25.6 Å². The normalized spacial score (nSPS) is 20.4. The van der Waals surface area contributed by atoms with Crippen molar-refractivity contribution in [1.29, 1.82) is 0 Å². The largest absolute Gasteiger partial charge is 0.488 e. The van der Waals surface area contributed by atoms with Gasteiger partial charge in [-0.3, -0.25) is 4.79 Å². The molecule has 0 aliphatic carbocycles. The Morgan fingerprint density at radius 3 is 3.13 bits per heavy atom. The van der Waals surface area contributed by atoms with Crippen LogP contribution in [0.25, 0.3) is 0 Å². The lowest BCUT2D eigenvalue weighted by atomic mass is 10.1. The lowest BCUT2D eigenvalue weighted by Crippen LogP contribution is -2.47. The minimum Gasteiger partial charge on any atom is -0.488 e. The lowest BCUT2D eigenvalue weighted by Gasteiger charge is -2.26. The van der Waals surface area contributed by atoms with Crippen LogP contribution >= 0.6 is 0 Å². The monoisotopic (exact) mass is 313 g/mol. The first kappa shape index (κ1) is 14.2. The molecule has 0 radical (unpaired) electrons. The summed E-state index contributed by atoms with van der Waals surface area (Å²) in [6.45, 7) is 3.13. The molecule has 2 aromatic rings. The van der Waals surface area contributed by atoms with E-state index in [0.717, 1.165) is 24.4 Å². The summed E-state index contributed by atoms with van der Waals surface area (Å²) in [4.78, 5) is 13.6. The van der Waals surface area contributed by atoms with E-state index in [0.29, 0.717) is 26.2 Å². The van der Waals surface area contributed by atoms with E-state index < -0.39 is 0 Å². The molecule has 4 rings (SSSR count). The van der Waals surface area contributed by atoms with E-state index in [1.54, 1.807) is 4.68 Å². The smallest absolute Gasteiger partial charge is 0.236 e. The Labute approximate surface area is 134 Å². The van der Waals surface area contributed by atoms with Gasteiger partial charge >= 0.3 is 0 Å². The molecule has 1 fully saturated rings. The van der Waals surface area contributed by atoms with E-state index in [1.807, 2.05) is 29.3 Å². The summed E-state index contributed by atoms with van der Waals surface area (Å²) in [5.74, 6) is 1.07. The zero-order valence-electron chi connectivity index (χ0n) is 12.8. The van der Waals surface area contributed by atoms with Crippen molar-refractivity contribution < 1.29 is 9.53 Å². The predicted molar refractivity (Wildman–Crippen MR) is 82.9 cm³/mol. The van der Waals surface area contributed by atoms with Crippen molar-refractivity contribution in [3.63, 3.8) is 0 Å². The standard InChI is InChI=1S/C16H19N5O2/c22-16-8-17-5-6-20(16)9-13-10-21(19-18-13)11-14-7-12-3-1-2-4-15(12)23-14/h1-4,10,14,17H,5-9,11H2. The third-order valence-corrected chi connectivity index (χ3v) is 4.23. The molecule has 23 heavy (non-hydrogen) atoms.